The molecule has 0 fully saturated rings. The molecule has 0 spiro atoms. The van der Waals surface area contributed by atoms with E-state index in [9.17, 15) is 23.3 Å². The maximum Gasteiger partial charge on any atom is 0.574 e. The number of methoxy groups -OCH3 is 1. The van der Waals surface area contributed by atoms with Gasteiger partial charge >= 0.3 is 6.36 Å². The number of rotatable bonds is 4. The Bertz CT molecular complexity index is 466. The van der Waals surface area contributed by atoms with Crippen molar-refractivity contribution in [1.82, 2.24) is 4.98 Å². The molecule has 6 nitrogen and oxygen atoms in total. The predicted octanol–water partition coefficient (Wildman–Crippen LogP) is 2.64. The summed E-state index contributed by atoms with van der Waals surface area (Å²) in [6.45, 7) is 0. The Balaban J connectivity index is 3.37. The number of aromatic nitrogens is 1. The average molecular weight is 287 g/mol. The van der Waals surface area contributed by atoms with Crippen LogP contribution in [0.1, 0.15) is 5.56 Å². The zero-order valence-electron chi connectivity index (χ0n) is 8.82. The standard InChI is InChI=1S/C8H6ClF3N2O4/c1-17-6-2-5(14(15)16)4(3-9)7(13-6)18-8(10,11)12/h2H,3H2,1H3. The highest BCUT2D eigenvalue weighted by atomic mass is 35.5. The summed E-state index contributed by atoms with van der Waals surface area (Å²) >= 11 is 5.37. The normalized spacial score (nSPS) is 11.2. The Morgan fingerprint density at radius 1 is 1.56 bits per heavy atom. The Kier molecular flexibility index (Phi) is 4.17. The molecule has 1 rings (SSSR count). The highest BCUT2D eigenvalue weighted by molar-refractivity contribution is 6.17. The molecule has 0 saturated carbocycles. The highest BCUT2D eigenvalue weighted by Crippen LogP contribution is 2.34. The van der Waals surface area contributed by atoms with Crippen LogP contribution in [0.25, 0.3) is 0 Å². The van der Waals surface area contributed by atoms with Crippen LogP contribution in [0, 0.1) is 10.1 Å². The molecule has 0 atom stereocenters. The van der Waals surface area contributed by atoms with E-state index in [1.807, 2.05) is 0 Å². The van der Waals surface area contributed by atoms with Gasteiger partial charge in [-0.15, -0.1) is 24.8 Å². The summed E-state index contributed by atoms with van der Waals surface area (Å²) < 4.78 is 44.5. The van der Waals surface area contributed by atoms with Gasteiger partial charge in [0.1, 0.15) is 5.56 Å². The lowest BCUT2D eigenvalue weighted by molar-refractivity contribution is -0.385. The van der Waals surface area contributed by atoms with E-state index < -0.39 is 34.3 Å². The quantitative estimate of drug-likeness (QED) is 0.483. The van der Waals surface area contributed by atoms with Crippen LogP contribution in [-0.4, -0.2) is 23.4 Å². The third-order valence-corrected chi connectivity index (χ3v) is 2.06. The van der Waals surface area contributed by atoms with Gasteiger partial charge in [-0.25, -0.2) is 0 Å². The summed E-state index contributed by atoms with van der Waals surface area (Å²) in [7, 11) is 1.10. The van der Waals surface area contributed by atoms with E-state index in [4.69, 9.17) is 11.6 Å². The van der Waals surface area contributed by atoms with Gasteiger partial charge in [-0.1, -0.05) is 0 Å². The van der Waals surface area contributed by atoms with Gasteiger partial charge in [0.25, 0.3) is 5.69 Å². The molecule has 0 aliphatic heterocycles. The molecule has 0 saturated heterocycles. The lowest BCUT2D eigenvalue weighted by Gasteiger charge is -2.12. The molecule has 0 aliphatic rings. The van der Waals surface area contributed by atoms with Crippen LogP contribution in [0.4, 0.5) is 18.9 Å². The van der Waals surface area contributed by atoms with Gasteiger partial charge < -0.3 is 9.47 Å². The summed E-state index contributed by atoms with van der Waals surface area (Å²) in [6, 6.07) is 0.862. The van der Waals surface area contributed by atoms with Crippen molar-refractivity contribution in [3.05, 3.63) is 21.7 Å². The van der Waals surface area contributed by atoms with Crippen LogP contribution < -0.4 is 9.47 Å². The SMILES string of the molecule is COc1cc([N+](=O)[O-])c(CCl)c(OC(F)(F)F)n1. The van der Waals surface area contributed by atoms with Crippen LogP contribution in [0.3, 0.4) is 0 Å². The van der Waals surface area contributed by atoms with Crippen LogP contribution in [0.2, 0.25) is 0 Å². The monoisotopic (exact) mass is 286 g/mol. The molecule has 1 heterocycles. The first-order valence-corrected chi connectivity index (χ1v) is 4.86. The molecule has 0 radical (unpaired) electrons. The lowest BCUT2D eigenvalue weighted by atomic mass is 10.2. The molecule has 1 aromatic heterocycles. The first kappa shape index (κ1) is 14.3. The summed E-state index contributed by atoms with van der Waals surface area (Å²) in [5, 5.41) is 10.7. The van der Waals surface area contributed by atoms with Crippen molar-refractivity contribution in [2.75, 3.05) is 7.11 Å². The van der Waals surface area contributed by atoms with Crippen molar-refractivity contribution in [2.24, 2.45) is 0 Å². The molecule has 0 aliphatic carbocycles. The Morgan fingerprint density at radius 2 is 2.17 bits per heavy atom. The highest BCUT2D eigenvalue weighted by Gasteiger charge is 2.35. The third-order valence-electron chi connectivity index (χ3n) is 1.79. The Labute approximate surface area is 103 Å². The second-order valence-electron chi connectivity index (χ2n) is 2.91. The number of pyridine rings is 1. The number of hydrogen-bond donors (Lipinski definition) is 0. The first-order valence-electron chi connectivity index (χ1n) is 4.32. The molecular weight excluding hydrogens is 281 g/mol. The summed E-state index contributed by atoms with van der Waals surface area (Å²) in [5.74, 6) is -1.93. The fraction of sp³-hybridized carbons (Fsp3) is 0.375. The van der Waals surface area contributed by atoms with Gasteiger partial charge in [0.2, 0.25) is 11.8 Å². The van der Waals surface area contributed by atoms with Crippen LogP contribution >= 0.6 is 11.6 Å². The van der Waals surface area contributed by atoms with E-state index in [1.54, 1.807) is 0 Å². The minimum atomic E-state index is -5.03. The molecule has 18 heavy (non-hydrogen) atoms. The van der Waals surface area contributed by atoms with Gasteiger partial charge in [-0.2, -0.15) is 4.98 Å². The fourth-order valence-corrected chi connectivity index (χ4v) is 1.35. The van der Waals surface area contributed by atoms with Crippen LogP contribution in [0.15, 0.2) is 6.07 Å². The number of ether oxygens (including phenoxy) is 2. The minimum Gasteiger partial charge on any atom is -0.481 e. The number of alkyl halides is 4. The fourth-order valence-electron chi connectivity index (χ4n) is 1.10. The summed E-state index contributed by atoms with van der Waals surface area (Å²) in [6.07, 6.45) is -5.03. The maximum absolute atomic E-state index is 12.1. The first-order chi connectivity index (χ1) is 8.28. The maximum atomic E-state index is 12.1. The average Bonchev–Trinajstić information content (AvgIpc) is 2.25. The van der Waals surface area contributed by atoms with Gasteiger partial charge in [0.15, 0.2) is 0 Å². The second kappa shape index (κ2) is 5.25. The van der Waals surface area contributed by atoms with Crippen LogP contribution in [0.5, 0.6) is 11.8 Å². The van der Waals surface area contributed by atoms with Crippen molar-refractivity contribution in [2.45, 2.75) is 12.2 Å². The number of hydrogen-bond acceptors (Lipinski definition) is 5. The zero-order valence-corrected chi connectivity index (χ0v) is 9.58. The third kappa shape index (κ3) is 3.36. The molecule has 0 N–H and O–H groups in total. The topological polar surface area (TPSA) is 74.5 Å². The van der Waals surface area contributed by atoms with Crippen molar-refractivity contribution in [1.29, 1.82) is 0 Å². The predicted molar refractivity (Wildman–Crippen MR) is 53.7 cm³/mol. The van der Waals surface area contributed by atoms with Crippen molar-refractivity contribution in [3.8, 4) is 11.8 Å². The number of nitro groups is 1. The second-order valence-corrected chi connectivity index (χ2v) is 3.17. The summed E-state index contributed by atoms with van der Waals surface area (Å²) in [5.41, 5.74) is -1.13. The van der Waals surface area contributed by atoms with E-state index in [0.29, 0.717) is 0 Å². The molecule has 0 bridgehead atoms. The lowest BCUT2D eigenvalue weighted by Crippen LogP contribution is -2.19. The van der Waals surface area contributed by atoms with Gasteiger partial charge in [0.05, 0.1) is 24.0 Å². The largest absolute Gasteiger partial charge is 0.574 e. The molecule has 100 valence electrons. The van der Waals surface area contributed by atoms with Gasteiger partial charge in [0, 0.05) is 0 Å². The molecule has 0 amide bonds. The van der Waals surface area contributed by atoms with Gasteiger partial charge in [-0.05, 0) is 0 Å². The van der Waals surface area contributed by atoms with Gasteiger partial charge in [-0.3, -0.25) is 10.1 Å². The molecular formula is C8H6ClF3N2O4. The van der Waals surface area contributed by atoms with E-state index >= 15 is 0 Å². The number of nitrogens with zero attached hydrogens (tertiary/aromatic N) is 2. The molecule has 0 aromatic carbocycles. The van der Waals surface area contributed by atoms with Crippen molar-refractivity contribution in [3.63, 3.8) is 0 Å². The molecule has 0 unspecified atom stereocenters. The smallest absolute Gasteiger partial charge is 0.481 e. The van der Waals surface area contributed by atoms with Crippen LogP contribution in [-0.2, 0) is 5.88 Å². The van der Waals surface area contributed by atoms with E-state index in [1.165, 1.54) is 0 Å². The zero-order chi connectivity index (χ0) is 13.9. The van der Waals surface area contributed by atoms with Crippen molar-refractivity contribution < 1.29 is 27.6 Å². The molecule has 10 heteroatoms. The number of halogens is 4. The Morgan fingerprint density at radius 3 is 2.56 bits per heavy atom. The van der Waals surface area contributed by atoms with E-state index in [0.717, 1.165) is 13.2 Å². The Hall–Kier alpha value is -1.77. The van der Waals surface area contributed by atoms with Crippen molar-refractivity contribution >= 4 is 17.3 Å². The molecule has 1 aromatic rings. The van der Waals surface area contributed by atoms with E-state index in [-0.39, 0.29) is 5.88 Å². The minimum absolute atomic E-state index is 0.380. The van der Waals surface area contributed by atoms with E-state index in [2.05, 4.69) is 14.5 Å². The summed E-state index contributed by atoms with van der Waals surface area (Å²) in [4.78, 5) is 13.1.